The minimum Gasteiger partial charge on any atom is -0.476 e. The van der Waals surface area contributed by atoms with Gasteiger partial charge in [-0.15, -0.1) is 0 Å². The van der Waals surface area contributed by atoms with Gasteiger partial charge in [-0.3, -0.25) is 0 Å². The Balaban J connectivity index is 0.000000386. The normalized spacial score (nSPS) is 18.1. The van der Waals surface area contributed by atoms with E-state index in [2.05, 4.69) is 31.2 Å². The van der Waals surface area contributed by atoms with Crippen LogP contribution in [0.2, 0.25) is 0 Å². The third kappa shape index (κ3) is 2.98. The molecule has 92 valence electrons. The largest absolute Gasteiger partial charge is 0.476 e. The number of ether oxygens (including phenoxy) is 1. The predicted octanol–water partition coefficient (Wildman–Crippen LogP) is 1.84. The Morgan fingerprint density at radius 2 is 2.19 bits per heavy atom. The molecule has 16 heavy (non-hydrogen) atoms. The van der Waals surface area contributed by atoms with E-state index in [9.17, 15) is 0 Å². The van der Waals surface area contributed by atoms with E-state index in [0.717, 1.165) is 25.5 Å². The van der Waals surface area contributed by atoms with Crippen molar-refractivity contribution in [2.75, 3.05) is 13.7 Å². The summed E-state index contributed by atoms with van der Waals surface area (Å²) in [6.07, 6.45) is 4.13. The maximum Gasteiger partial charge on any atom is 0.215 e. The molecular formula is C12H23N3O. The molecule has 0 saturated carbocycles. The summed E-state index contributed by atoms with van der Waals surface area (Å²) < 4.78 is 7.56. The Morgan fingerprint density at radius 3 is 2.75 bits per heavy atom. The first-order chi connectivity index (χ1) is 7.76. The van der Waals surface area contributed by atoms with Gasteiger partial charge in [0.05, 0.1) is 18.8 Å². The van der Waals surface area contributed by atoms with E-state index < -0.39 is 0 Å². The van der Waals surface area contributed by atoms with Crippen LogP contribution in [0.4, 0.5) is 0 Å². The number of hydrogen-bond donors (Lipinski definition) is 1. The number of rotatable bonds is 2. The van der Waals surface area contributed by atoms with E-state index in [1.165, 1.54) is 12.0 Å². The number of likely N-dealkylation sites (N-methyl/N-ethyl adjacent to an activating group) is 1. The average molecular weight is 225 g/mol. The smallest absolute Gasteiger partial charge is 0.215 e. The van der Waals surface area contributed by atoms with Gasteiger partial charge < -0.3 is 10.1 Å². The third-order valence-electron chi connectivity index (χ3n) is 2.47. The quantitative estimate of drug-likeness (QED) is 0.834. The Hall–Kier alpha value is -1.03. The van der Waals surface area contributed by atoms with Gasteiger partial charge in [-0.1, -0.05) is 27.2 Å². The summed E-state index contributed by atoms with van der Waals surface area (Å²) in [7, 11) is 1.95. The van der Waals surface area contributed by atoms with E-state index in [-0.39, 0.29) is 0 Å². The second kappa shape index (κ2) is 6.53. The van der Waals surface area contributed by atoms with Crippen LogP contribution in [-0.4, -0.2) is 29.5 Å². The Labute approximate surface area is 98.0 Å². The molecule has 0 radical (unpaired) electrons. The molecule has 0 spiro atoms. The fourth-order valence-corrected chi connectivity index (χ4v) is 1.57. The van der Waals surface area contributed by atoms with Crippen LogP contribution in [0.15, 0.2) is 6.20 Å². The average Bonchev–Trinajstić information content (AvgIpc) is 2.71. The molecule has 4 nitrogen and oxygen atoms in total. The van der Waals surface area contributed by atoms with Crippen LogP contribution in [0.25, 0.3) is 0 Å². The second-order valence-electron chi connectivity index (χ2n) is 4.01. The lowest BCUT2D eigenvalue weighted by atomic mass is 10.2. The lowest BCUT2D eigenvalue weighted by Crippen LogP contribution is -2.39. The zero-order chi connectivity index (χ0) is 12.0. The van der Waals surface area contributed by atoms with E-state index in [4.69, 9.17) is 4.74 Å². The SMILES string of the molecule is CCC.CCc1cnn2c1OCC(NC)C2. The third-order valence-corrected chi connectivity index (χ3v) is 2.47. The van der Waals surface area contributed by atoms with Crippen LogP contribution in [0.1, 0.15) is 32.8 Å². The lowest BCUT2D eigenvalue weighted by molar-refractivity contribution is 0.187. The molecule has 0 aliphatic carbocycles. The standard InChI is InChI=1S/C9H15N3O.C3H8/c1-3-7-4-11-12-5-8(10-2)6-13-9(7)12;1-3-2/h4,8,10H,3,5-6H2,1-2H3;3H2,1-2H3. The van der Waals surface area contributed by atoms with Gasteiger partial charge in [0.2, 0.25) is 5.88 Å². The first-order valence-electron chi connectivity index (χ1n) is 6.11. The molecule has 1 aromatic heterocycles. The fourth-order valence-electron chi connectivity index (χ4n) is 1.57. The van der Waals surface area contributed by atoms with Crippen molar-refractivity contribution in [1.82, 2.24) is 15.1 Å². The summed E-state index contributed by atoms with van der Waals surface area (Å²) in [5, 5.41) is 7.46. The molecule has 4 heteroatoms. The van der Waals surface area contributed by atoms with Crippen molar-refractivity contribution in [2.24, 2.45) is 0 Å². The van der Waals surface area contributed by atoms with Gasteiger partial charge in [0, 0.05) is 5.56 Å². The van der Waals surface area contributed by atoms with Crippen molar-refractivity contribution >= 4 is 0 Å². The van der Waals surface area contributed by atoms with E-state index in [1.54, 1.807) is 0 Å². The molecule has 1 unspecified atom stereocenters. The molecule has 2 heterocycles. The van der Waals surface area contributed by atoms with Crippen LogP contribution < -0.4 is 10.1 Å². The highest BCUT2D eigenvalue weighted by molar-refractivity contribution is 5.25. The topological polar surface area (TPSA) is 39.1 Å². The van der Waals surface area contributed by atoms with E-state index in [1.807, 2.05) is 17.9 Å². The molecule has 1 N–H and O–H groups in total. The van der Waals surface area contributed by atoms with Crippen LogP contribution in [0.5, 0.6) is 5.88 Å². The first-order valence-corrected chi connectivity index (χ1v) is 6.11. The summed E-state index contributed by atoms with van der Waals surface area (Å²) in [5.74, 6) is 0.953. The molecule has 2 rings (SSSR count). The Kier molecular flexibility index (Phi) is 5.32. The van der Waals surface area contributed by atoms with Crippen LogP contribution in [-0.2, 0) is 13.0 Å². The number of aromatic nitrogens is 2. The number of hydrogen-bond acceptors (Lipinski definition) is 3. The van der Waals surface area contributed by atoms with Gasteiger partial charge in [0.1, 0.15) is 6.61 Å². The molecule has 0 amide bonds. The van der Waals surface area contributed by atoms with Crippen molar-refractivity contribution < 1.29 is 4.74 Å². The minimum atomic E-state index is 0.386. The highest BCUT2D eigenvalue weighted by Crippen LogP contribution is 2.22. The molecule has 1 aromatic rings. The molecular weight excluding hydrogens is 202 g/mol. The Morgan fingerprint density at radius 1 is 1.50 bits per heavy atom. The summed E-state index contributed by atoms with van der Waals surface area (Å²) in [6, 6.07) is 0.386. The maximum atomic E-state index is 5.63. The zero-order valence-corrected chi connectivity index (χ0v) is 10.8. The van der Waals surface area contributed by atoms with Gasteiger partial charge >= 0.3 is 0 Å². The van der Waals surface area contributed by atoms with E-state index >= 15 is 0 Å². The monoisotopic (exact) mass is 225 g/mol. The molecule has 1 aliphatic rings. The highest BCUT2D eigenvalue weighted by Gasteiger charge is 2.20. The van der Waals surface area contributed by atoms with E-state index in [0.29, 0.717) is 6.04 Å². The summed E-state index contributed by atoms with van der Waals surface area (Å²) in [5.41, 5.74) is 1.20. The van der Waals surface area contributed by atoms with Crippen molar-refractivity contribution in [3.05, 3.63) is 11.8 Å². The van der Waals surface area contributed by atoms with Gasteiger partial charge in [-0.05, 0) is 13.5 Å². The highest BCUT2D eigenvalue weighted by atomic mass is 16.5. The fraction of sp³-hybridized carbons (Fsp3) is 0.750. The Bertz CT molecular complexity index is 309. The van der Waals surface area contributed by atoms with Crippen LogP contribution in [0, 0.1) is 0 Å². The lowest BCUT2D eigenvalue weighted by Gasteiger charge is -2.24. The molecule has 1 aliphatic heterocycles. The van der Waals surface area contributed by atoms with Crippen molar-refractivity contribution in [1.29, 1.82) is 0 Å². The maximum absolute atomic E-state index is 5.63. The van der Waals surface area contributed by atoms with Crippen LogP contribution >= 0.6 is 0 Å². The minimum absolute atomic E-state index is 0.386. The number of nitrogens with one attached hydrogen (secondary N) is 1. The molecule has 0 fully saturated rings. The van der Waals surface area contributed by atoms with Crippen molar-refractivity contribution in [3.8, 4) is 5.88 Å². The number of aryl methyl sites for hydroxylation is 1. The van der Waals surface area contributed by atoms with Crippen LogP contribution in [0.3, 0.4) is 0 Å². The van der Waals surface area contributed by atoms with Gasteiger partial charge in [0.15, 0.2) is 0 Å². The molecule has 0 aromatic carbocycles. The summed E-state index contributed by atoms with van der Waals surface area (Å²) in [4.78, 5) is 0. The zero-order valence-electron chi connectivity index (χ0n) is 10.8. The second-order valence-corrected chi connectivity index (χ2v) is 4.01. The van der Waals surface area contributed by atoms with Gasteiger partial charge in [-0.2, -0.15) is 5.10 Å². The van der Waals surface area contributed by atoms with Crippen molar-refractivity contribution in [2.45, 2.75) is 46.2 Å². The molecule has 0 bridgehead atoms. The first kappa shape index (κ1) is 13.0. The summed E-state index contributed by atoms with van der Waals surface area (Å²) in [6.45, 7) is 8.02. The summed E-state index contributed by atoms with van der Waals surface area (Å²) >= 11 is 0. The number of nitrogens with zero attached hydrogens (tertiary/aromatic N) is 2. The predicted molar refractivity (Wildman–Crippen MR) is 65.9 cm³/mol. The van der Waals surface area contributed by atoms with Gasteiger partial charge in [0.25, 0.3) is 0 Å². The molecule has 1 atom stereocenters. The van der Waals surface area contributed by atoms with Crippen molar-refractivity contribution in [3.63, 3.8) is 0 Å². The van der Waals surface area contributed by atoms with Gasteiger partial charge in [-0.25, -0.2) is 4.68 Å². The molecule has 0 saturated heterocycles. The number of fused-ring (bicyclic) bond motifs is 1.